The molecule has 24 heavy (non-hydrogen) atoms. The molecule has 1 heterocycles. The fraction of sp³-hybridized carbons (Fsp3) is 0. The first-order chi connectivity index (χ1) is 11.9. The van der Waals surface area contributed by atoms with Crippen LogP contribution in [0.2, 0.25) is 0 Å². The summed E-state index contributed by atoms with van der Waals surface area (Å²) in [6.45, 7) is 0. The Kier molecular flexibility index (Phi) is 4.28. The van der Waals surface area contributed by atoms with Gasteiger partial charge in [0, 0.05) is 0 Å². The summed E-state index contributed by atoms with van der Waals surface area (Å²) in [6, 6.07) is 31.2. The Morgan fingerprint density at radius 1 is 0.708 bits per heavy atom. The Morgan fingerprint density at radius 3 is 1.96 bits per heavy atom. The average molecular weight is 375 g/mol. The second-order valence-electron chi connectivity index (χ2n) is 5.41. The summed E-state index contributed by atoms with van der Waals surface area (Å²) in [6.07, 6.45) is 2.24. The maximum absolute atomic E-state index is 4.92. The van der Waals surface area contributed by atoms with Gasteiger partial charge in [-0.1, -0.05) is 0 Å². The summed E-state index contributed by atoms with van der Waals surface area (Å²) in [4.78, 5) is 0. The molecule has 0 aliphatic carbocycles. The quantitative estimate of drug-likeness (QED) is 0.613. The van der Waals surface area contributed by atoms with Gasteiger partial charge in [-0.15, -0.1) is 0 Å². The van der Waals surface area contributed by atoms with Crippen molar-refractivity contribution in [1.82, 2.24) is 0 Å². The van der Waals surface area contributed by atoms with Crippen LogP contribution >= 0.6 is 0 Å². The zero-order valence-corrected chi connectivity index (χ0v) is 14.8. The molecule has 0 aromatic heterocycles. The summed E-state index contributed by atoms with van der Waals surface area (Å²) >= 11 is 0.174. The average Bonchev–Trinajstić information content (AvgIpc) is 3.08. The van der Waals surface area contributed by atoms with E-state index in [1.807, 2.05) is 18.2 Å². The fourth-order valence-electron chi connectivity index (χ4n) is 2.54. The molecule has 1 aliphatic rings. The molecular weight excluding hydrogens is 359 g/mol. The first kappa shape index (κ1) is 14.9. The molecule has 116 valence electrons. The minimum absolute atomic E-state index is 0.174. The second-order valence-corrected chi connectivity index (χ2v) is 7.53. The Labute approximate surface area is 148 Å². The van der Waals surface area contributed by atoms with Gasteiger partial charge in [-0.3, -0.25) is 0 Å². The molecule has 3 heteroatoms. The molecule has 0 spiro atoms. The van der Waals surface area contributed by atoms with Crippen LogP contribution in [-0.2, 0) is 0 Å². The monoisotopic (exact) mass is 376 g/mol. The number of nitrogens with zero attached hydrogens (tertiary/aromatic N) is 2. The Morgan fingerprint density at radius 2 is 1.29 bits per heavy atom. The number of hydrogen-bond donors (Lipinski definition) is 0. The molecule has 2 nitrogen and oxygen atoms in total. The van der Waals surface area contributed by atoms with Crippen LogP contribution < -0.4 is 5.01 Å². The standard InChI is InChI=1S/C21H16N2Se/c1-4-10-17(11-5-1)16-20-23(19-14-8-3-9-15-19)22-21(24-20)18-12-6-2-7-13-18/h1-16H/b20-16-. The SMILES string of the molecule is C(=C1/[Se]C(c2ccccc2)=NN1c1ccccc1)/c1ccccc1. The summed E-state index contributed by atoms with van der Waals surface area (Å²) in [5.74, 6) is 0. The van der Waals surface area contributed by atoms with Gasteiger partial charge in [0.25, 0.3) is 0 Å². The van der Waals surface area contributed by atoms with Crippen molar-refractivity contribution in [2.24, 2.45) is 5.10 Å². The van der Waals surface area contributed by atoms with Gasteiger partial charge in [0.2, 0.25) is 0 Å². The van der Waals surface area contributed by atoms with E-state index in [0.29, 0.717) is 0 Å². The van der Waals surface area contributed by atoms with Crippen molar-refractivity contribution in [1.29, 1.82) is 0 Å². The van der Waals surface area contributed by atoms with Crippen LogP contribution in [-0.4, -0.2) is 19.6 Å². The topological polar surface area (TPSA) is 15.6 Å². The van der Waals surface area contributed by atoms with Gasteiger partial charge in [-0.25, -0.2) is 0 Å². The molecule has 0 amide bonds. The molecule has 4 rings (SSSR count). The molecule has 0 fully saturated rings. The molecule has 3 aromatic rings. The van der Waals surface area contributed by atoms with E-state index in [9.17, 15) is 0 Å². The Balaban J connectivity index is 1.75. The molecule has 1 aliphatic heterocycles. The van der Waals surface area contributed by atoms with Crippen LogP contribution in [0.1, 0.15) is 11.1 Å². The zero-order chi connectivity index (χ0) is 16.2. The third kappa shape index (κ3) is 3.18. The Bertz CT molecular complexity index is 871. The van der Waals surface area contributed by atoms with Gasteiger partial charge < -0.3 is 0 Å². The van der Waals surface area contributed by atoms with Crippen molar-refractivity contribution < 1.29 is 0 Å². The predicted octanol–water partition coefficient (Wildman–Crippen LogP) is 4.57. The molecule has 0 saturated heterocycles. The maximum atomic E-state index is 4.92. The van der Waals surface area contributed by atoms with E-state index < -0.39 is 0 Å². The van der Waals surface area contributed by atoms with Crippen molar-refractivity contribution in [3.63, 3.8) is 0 Å². The molecular formula is C21H16N2Se. The number of para-hydroxylation sites is 1. The first-order valence-electron chi connectivity index (χ1n) is 7.84. The van der Waals surface area contributed by atoms with E-state index >= 15 is 0 Å². The second kappa shape index (κ2) is 6.88. The van der Waals surface area contributed by atoms with Gasteiger partial charge in [-0.05, 0) is 0 Å². The Hall–Kier alpha value is -2.61. The summed E-state index contributed by atoms with van der Waals surface area (Å²) in [7, 11) is 0. The van der Waals surface area contributed by atoms with E-state index in [-0.39, 0.29) is 15.0 Å². The van der Waals surface area contributed by atoms with E-state index in [1.54, 1.807) is 0 Å². The van der Waals surface area contributed by atoms with E-state index in [2.05, 4.69) is 83.9 Å². The van der Waals surface area contributed by atoms with E-state index in [1.165, 1.54) is 15.7 Å². The molecule has 3 aromatic carbocycles. The number of benzene rings is 3. The normalized spacial score (nSPS) is 15.6. The van der Waals surface area contributed by atoms with Crippen LogP contribution in [0.15, 0.2) is 101 Å². The van der Waals surface area contributed by atoms with Crippen molar-refractivity contribution in [2.45, 2.75) is 0 Å². The summed E-state index contributed by atoms with van der Waals surface area (Å²) < 4.78 is 2.41. The molecule has 0 bridgehead atoms. The van der Waals surface area contributed by atoms with Crippen LogP contribution in [0, 0.1) is 0 Å². The minimum atomic E-state index is 0.174. The number of hydrogen-bond acceptors (Lipinski definition) is 2. The summed E-state index contributed by atoms with van der Waals surface area (Å²) in [5.41, 5.74) is 3.52. The third-order valence-electron chi connectivity index (χ3n) is 3.71. The first-order valence-corrected chi connectivity index (χ1v) is 9.55. The van der Waals surface area contributed by atoms with Crippen molar-refractivity contribution >= 4 is 31.3 Å². The third-order valence-corrected chi connectivity index (χ3v) is 5.83. The fourth-order valence-corrected chi connectivity index (χ4v) is 4.64. The summed E-state index contributed by atoms with van der Waals surface area (Å²) in [5, 5.41) is 6.99. The van der Waals surface area contributed by atoms with Crippen molar-refractivity contribution in [2.75, 3.05) is 5.01 Å². The van der Waals surface area contributed by atoms with Crippen molar-refractivity contribution in [3.05, 3.63) is 107 Å². The number of hydrazone groups is 1. The van der Waals surface area contributed by atoms with Crippen LogP contribution in [0.5, 0.6) is 0 Å². The molecule has 0 unspecified atom stereocenters. The van der Waals surface area contributed by atoms with E-state index in [4.69, 9.17) is 5.10 Å². The van der Waals surface area contributed by atoms with E-state index in [0.717, 1.165) is 10.3 Å². The predicted molar refractivity (Wildman–Crippen MR) is 102 cm³/mol. The van der Waals surface area contributed by atoms with Gasteiger partial charge in [-0.2, -0.15) is 0 Å². The molecule has 0 atom stereocenters. The zero-order valence-electron chi connectivity index (χ0n) is 13.0. The molecule has 0 saturated carbocycles. The van der Waals surface area contributed by atoms with Gasteiger partial charge >= 0.3 is 148 Å². The van der Waals surface area contributed by atoms with Gasteiger partial charge in [0.15, 0.2) is 0 Å². The molecule has 0 radical (unpaired) electrons. The number of anilines is 1. The van der Waals surface area contributed by atoms with Crippen LogP contribution in [0.3, 0.4) is 0 Å². The van der Waals surface area contributed by atoms with Gasteiger partial charge in [0.05, 0.1) is 0 Å². The van der Waals surface area contributed by atoms with Gasteiger partial charge in [0.1, 0.15) is 0 Å². The number of rotatable bonds is 3. The van der Waals surface area contributed by atoms with Crippen molar-refractivity contribution in [3.8, 4) is 0 Å². The molecule has 0 N–H and O–H groups in total. The van der Waals surface area contributed by atoms with Crippen LogP contribution in [0.25, 0.3) is 6.08 Å². The van der Waals surface area contributed by atoms with Crippen LogP contribution in [0.4, 0.5) is 5.69 Å².